The molecule has 2 atom stereocenters. The molecular formula is C24H33N3O3S. The van der Waals surface area contributed by atoms with Crippen molar-refractivity contribution in [2.24, 2.45) is 0 Å². The van der Waals surface area contributed by atoms with Gasteiger partial charge in [0.25, 0.3) is 5.91 Å². The van der Waals surface area contributed by atoms with Crippen molar-refractivity contribution in [3.63, 3.8) is 0 Å². The van der Waals surface area contributed by atoms with E-state index in [-0.39, 0.29) is 11.7 Å². The third-order valence-corrected chi connectivity index (χ3v) is 6.25. The molecule has 2 unspecified atom stereocenters. The molecular weight excluding hydrogens is 410 g/mol. The summed E-state index contributed by atoms with van der Waals surface area (Å²) in [6.07, 6.45) is 3.66. The summed E-state index contributed by atoms with van der Waals surface area (Å²) < 4.78 is 11.2. The molecule has 2 N–H and O–H groups in total. The summed E-state index contributed by atoms with van der Waals surface area (Å²) in [7, 11) is 0. The third-order valence-electron chi connectivity index (χ3n) is 5.59. The zero-order chi connectivity index (χ0) is 22.1. The molecule has 0 aromatic heterocycles. The van der Waals surface area contributed by atoms with Crippen molar-refractivity contribution < 1.29 is 14.5 Å². The van der Waals surface area contributed by atoms with Crippen LogP contribution in [0, 0.1) is 0 Å². The van der Waals surface area contributed by atoms with E-state index < -0.39 is 17.3 Å². The molecule has 1 heterocycles. The number of aliphatic hydroxyl groups is 1. The second kappa shape index (κ2) is 12.1. The number of piperazine rings is 1. The smallest absolute Gasteiger partial charge is 0.274 e. The number of nitrogens with one attached hydrogen (secondary N) is 1. The van der Waals surface area contributed by atoms with Crippen LogP contribution in [0.15, 0.2) is 54.6 Å². The standard InChI is InChI=1S/C24H33N3O3S/c1-31(30)19-24(29)25-21-9-7-8-20(18-21)23(28)12-5-6-13-26-14-16-27(17-15-26)22-10-3-2-4-11-22/h2-4,7-11,18,23,28H,5-6,12-17,19H2,1H3,(H,25,29). The number of anilines is 2. The van der Waals surface area contributed by atoms with Crippen LogP contribution in [0.4, 0.5) is 11.4 Å². The van der Waals surface area contributed by atoms with Crippen LogP contribution >= 0.6 is 0 Å². The van der Waals surface area contributed by atoms with E-state index in [1.165, 1.54) is 11.9 Å². The van der Waals surface area contributed by atoms with Gasteiger partial charge < -0.3 is 19.9 Å². The fourth-order valence-electron chi connectivity index (χ4n) is 3.91. The Morgan fingerprint density at radius 2 is 1.84 bits per heavy atom. The Morgan fingerprint density at radius 3 is 2.55 bits per heavy atom. The molecule has 1 aliphatic heterocycles. The van der Waals surface area contributed by atoms with E-state index in [1.54, 1.807) is 12.1 Å². The van der Waals surface area contributed by atoms with Crippen LogP contribution in [-0.2, 0) is 16.0 Å². The lowest BCUT2D eigenvalue weighted by Crippen LogP contribution is -2.46. The van der Waals surface area contributed by atoms with Gasteiger partial charge in [0.1, 0.15) is 0 Å². The number of benzene rings is 2. The fraction of sp³-hybridized carbons (Fsp3) is 0.458. The summed E-state index contributed by atoms with van der Waals surface area (Å²) in [6, 6.07) is 17.8. The van der Waals surface area contributed by atoms with Gasteiger partial charge in [-0.3, -0.25) is 9.69 Å². The van der Waals surface area contributed by atoms with Crippen molar-refractivity contribution in [3.8, 4) is 0 Å². The van der Waals surface area contributed by atoms with Crippen LogP contribution in [0.25, 0.3) is 0 Å². The van der Waals surface area contributed by atoms with Gasteiger partial charge in [-0.05, 0) is 66.8 Å². The van der Waals surface area contributed by atoms with Gasteiger partial charge in [0.2, 0.25) is 0 Å². The van der Waals surface area contributed by atoms with Crippen LogP contribution in [0.5, 0.6) is 0 Å². The van der Waals surface area contributed by atoms with Gasteiger partial charge in [-0.15, -0.1) is 0 Å². The summed E-state index contributed by atoms with van der Waals surface area (Å²) in [6.45, 7) is 5.30. The van der Waals surface area contributed by atoms with E-state index in [0.717, 1.165) is 51.1 Å². The molecule has 2 aromatic carbocycles. The zero-order valence-electron chi connectivity index (χ0n) is 18.2. The maximum absolute atomic E-state index is 11.8. The van der Waals surface area contributed by atoms with Gasteiger partial charge in [-0.1, -0.05) is 30.3 Å². The molecule has 1 saturated heterocycles. The van der Waals surface area contributed by atoms with Crippen LogP contribution < -0.4 is 10.2 Å². The molecule has 0 radical (unpaired) electrons. The number of aliphatic hydroxyl groups excluding tert-OH is 1. The Kier molecular flexibility index (Phi) is 9.21. The number of rotatable bonds is 10. The predicted octanol–water partition coefficient (Wildman–Crippen LogP) is 3.03. The molecule has 3 rings (SSSR count). The van der Waals surface area contributed by atoms with E-state index in [1.807, 2.05) is 12.1 Å². The van der Waals surface area contributed by atoms with Crippen LogP contribution in [0.3, 0.4) is 0 Å². The maximum atomic E-state index is 11.8. The van der Waals surface area contributed by atoms with Gasteiger partial charge >= 0.3 is 0 Å². The molecule has 1 fully saturated rings. The largest absolute Gasteiger partial charge is 0.616 e. The Bertz CT molecular complexity index is 811. The van der Waals surface area contributed by atoms with Gasteiger partial charge in [0, 0.05) is 37.6 Å². The monoisotopic (exact) mass is 443 g/mol. The first-order valence-electron chi connectivity index (χ1n) is 10.9. The number of unbranched alkanes of at least 4 members (excludes halogenated alkanes) is 1. The van der Waals surface area contributed by atoms with E-state index in [0.29, 0.717) is 12.1 Å². The first-order valence-corrected chi connectivity index (χ1v) is 12.6. The Labute approximate surface area is 188 Å². The molecule has 1 amide bonds. The second-order valence-corrected chi connectivity index (χ2v) is 9.50. The van der Waals surface area contributed by atoms with Gasteiger partial charge in [-0.2, -0.15) is 0 Å². The molecule has 31 heavy (non-hydrogen) atoms. The summed E-state index contributed by atoms with van der Waals surface area (Å²) in [4.78, 5) is 16.7. The highest BCUT2D eigenvalue weighted by Gasteiger charge is 2.17. The summed E-state index contributed by atoms with van der Waals surface area (Å²) in [5.74, 6) is -0.299. The second-order valence-electron chi connectivity index (χ2n) is 8.07. The molecule has 168 valence electrons. The number of carbonyl (C=O) groups is 1. The summed E-state index contributed by atoms with van der Waals surface area (Å²) >= 11 is -1.17. The summed E-state index contributed by atoms with van der Waals surface area (Å²) in [5, 5.41) is 13.3. The highest BCUT2D eigenvalue weighted by atomic mass is 32.2. The van der Waals surface area contributed by atoms with Gasteiger partial charge in [-0.25, -0.2) is 0 Å². The SMILES string of the molecule is C[S+]([O-])CC(=O)Nc1cccc(C(O)CCCCN2CCN(c3ccccc3)CC2)c1. The van der Waals surface area contributed by atoms with Crippen molar-refractivity contribution in [3.05, 3.63) is 60.2 Å². The first kappa shape index (κ1) is 23.6. The zero-order valence-corrected chi connectivity index (χ0v) is 19.0. The van der Waals surface area contributed by atoms with Gasteiger partial charge in [0.05, 0.1) is 12.4 Å². The van der Waals surface area contributed by atoms with E-state index in [9.17, 15) is 14.5 Å². The van der Waals surface area contributed by atoms with Crippen LogP contribution in [0.1, 0.15) is 30.9 Å². The molecule has 2 aromatic rings. The number of hydrogen-bond acceptors (Lipinski definition) is 5. The summed E-state index contributed by atoms with van der Waals surface area (Å²) in [5.41, 5.74) is 2.72. The molecule has 7 heteroatoms. The average molecular weight is 444 g/mol. The quantitative estimate of drug-likeness (QED) is 0.436. The molecule has 1 aliphatic rings. The minimum Gasteiger partial charge on any atom is -0.616 e. The van der Waals surface area contributed by atoms with Crippen molar-refractivity contribution in [2.75, 3.05) is 54.9 Å². The normalized spacial score (nSPS) is 16.7. The highest BCUT2D eigenvalue weighted by molar-refractivity contribution is 7.91. The van der Waals surface area contributed by atoms with E-state index >= 15 is 0 Å². The predicted molar refractivity (Wildman–Crippen MR) is 128 cm³/mol. The Balaban J connectivity index is 1.35. The van der Waals surface area contributed by atoms with Crippen molar-refractivity contribution in [1.82, 2.24) is 4.90 Å². The number of carbonyl (C=O) groups excluding carboxylic acids is 1. The lowest BCUT2D eigenvalue weighted by molar-refractivity contribution is -0.113. The first-order chi connectivity index (χ1) is 15.0. The Morgan fingerprint density at radius 1 is 1.10 bits per heavy atom. The number of para-hydroxylation sites is 1. The number of hydrogen-bond donors (Lipinski definition) is 2. The van der Waals surface area contributed by atoms with Gasteiger partial charge in [0.15, 0.2) is 5.75 Å². The molecule has 6 nitrogen and oxygen atoms in total. The maximum Gasteiger partial charge on any atom is 0.274 e. The third kappa shape index (κ3) is 7.85. The average Bonchev–Trinajstić information content (AvgIpc) is 2.77. The van der Waals surface area contributed by atoms with E-state index in [2.05, 4.69) is 45.4 Å². The van der Waals surface area contributed by atoms with Crippen LogP contribution in [0.2, 0.25) is 0 Å². The topological polar surface area (TPSA) is 78.9 Å². The minimum absolute atomic E-state index is 0.0214. The molecule has 0 bridgehead atoms. The molecule has 0 aliphatic carbocycles. The number of nitrogens with zero attached hydrogens (tertiary/aromatic N) is 2. The van der Waals surface area contributed by atoms with Crippen molar-refractivity contribution in [1.29, 1.82) is 0 Å². The lowest BCUT2D eigenvalue weighted by Gasteiger charge is -2.36. The Hall–Kier alpha value is -2.06. The lowest BCUT2D eigenvalue weighted by atomic mass is 10.0. The minimum atomic E-state index is -1.17. The highest BCUT2D eigenvalue weighted by Crippen LogP contribution is 2.23. The van der Waals surface area contributed by atoms with Crippen molar-refractivity contribution >= 4 is 28.5 Å². The number of amides is 1. The molecule has 0 spiro atoms. The van der Waals surface area contributed by atoms with Crippen LogP contribution in [-0.4, -0.2) is 65.2 Å². The van der Waals surface area contributed by atoms with Crippen molar-refractivity contribution in [2.45, 2.75) is 25.4 Å². The molecule has 0 saturated carbocycles. The fourth-order valence-corrected chi connectivity index (χ4v) is 4.36. The van der Waals surface area contributed by atoms with E-state index in [4.69, 9.17) is 0 Å².